The predicted octanol–water partition coefficient (Wildman–Crippen LogP) is 3.62. The minimum absolute atomic E-state index is 0.113. The molecule has 0 aliphatic carbocycles. The van der Waals surface area contributed by atoms with Crippen LogP contribution in [0, 0.1) is 0 Å². The molecule has 2 atom stereocenters. The first-order valence-corrected chi connectivity index (χ1v) is 6.61. The van der Waals surface area contributed by atoms with Crippen LogP contribution in [-0.2, 0) is 0 Å². The molecule has 0 aromatic heterocycles. The van der Waals surface area contributed by atoms with Gasteiger partial charge in [0.05, 0.1) is 6.04 Å². The van der Waals surface area contributed by atoms with Gasteiger partial charge in [0, 0.05) is 18.5 Å². The molecule has 0 N–H and O–H groups in total. The van der Waals surface area contributed by atoms with E-state index in [0.29, 0.717) is 5.92 Å². The molecule has 19 heavy (non-hydrogen) atoms. The maximum atomic E-state index is 12.5. The summed E-state index contributed by atoms with van der Waals surface area (Å²) < 4.78 is 0. The maximum Gasteiger partial charge on any atom is 0.254 e. The van der Waals surface area contributed by atoms with E-state index in [-0.39, 0.29) is 11.9 Å². The van der Waals surface area contributed by atoms with Crippen LogP contribution in [0.2, 0.25) is 0 Å². The topological polar surface area (TPSA) is 20.3 Å². The van der Waals surface area contributed by atoms with Crippen LogP contribution in [-0.4, -0.2) is 17.9 Å². The highest BCUT2D eigenvalue weighted by molar-refractivity contribution is 5.97. The minimum atomic E-state index is 0.113. The number of hydrogen-bond donors (Lipinski definition) is 0. The third-order valence-corrected chi connectivity index (χ3v) is 4.03. The number of carbonyl (C=O) groups is 1. The van der Waals surface area contributed by atoms with E-state index in [1.807, 2.05) is 48.3 Å². The van der Waals surface area contributed by atoms with Crippen molar-refractivity contribution in [1.29, 1.82) is 0 Å². The Kier molecular flexibility index (Phi) is 2.86. The van der Waals surface area contributed by atoms with Gasteiger partial charge in [-0.2, -0.15) is 0 Å². The average molecular weight is 251 g/mol. The van der Waals surface area contributed by atoms with E-state index < -0.39 is 0 Å². The van der Waals surface area contributed by atoms with Gasteiger partial charge in [-0.15, -0.1) is 0 Å². The Hall–Kier alpha value is -2.09. The molecule has 0 radical (unpaired) electrons. The van der Waals surface area contributed by atoms with Crippen molar-refractivity contribution in [3.63, 3.8) is 0 Å². The Labute approximate surface area is 113 Å². The number of carbonyl (C=O) groups excluding carboxylic acids is 1. The molecule has 2 heteroatoms. The van der Waals surface area contributed by atoms with Crippen molar-refractivity contribution in [1.82, 2.24) is 4.90 Å². The van der Waals surface area contributed by atoms with Crippen LogP contribution in [0.1, 0.15) is 40.4 Å². The highest BCUT2D eigenvalue weighted by Gasteiger charge is 2.35. The number of benzene rings is 2. The summed E-state index contributed by atoms with van der Waals surface area (Å²) in [5, 5.41) is 0. The predicted molar refractivity (Wildman–Crippen MR) is 76.1 cm³/mol. The van der Waals surface area contributed by atoms with Gasteiger partial charge in [0.1, 0.15) is 0 Å². The molecule has 0 bridgehead atoms. The number of rotatable bonds is 1. The quantitative estimate of drug-likeness (QED) is 0.758. The zero-order valence-electron chi connectivity index (χ0n) is 11.2. The number of amides is 1. The van der Waals surface area contributed by atoms with Crippen LogP contribution in [0.3, 0.4) is 0 Å². The first-order valence-electron chi connectivity index (χ1n) is 6.61. The van der Waals surface area contributed by atoms with E-state index in [2.05, 4.69) is 25.1 Å². The lowest BCUT2D eigenvalue weighted by Gasteiger charge is -2.39. The van der Waals surface area contributed by atoms with Gasteiger partial charge in [-0.25, -0.2) is 0 Å². The Morgan fingerprint density at radius 2 is 1.58 bits per heavy atom. The van der Waals surface area contributed by atoms with Crippen LogP contribution >= 0.6 is 0 Å². The van der Waals surface area contributed by atoms with Crippen LogP contribution in [0.4, 0.5) is 0 Å². The van der Waals surface area contributed by atoms with Crippen molar-refractivity contribution in [2.24, 2.45) is 0 Å². The summed E-state index contributed by atoms with van der Waals surface area (Å²) >= 11 is 0. The number of likely N-dealkylation sites (N-methyl/N-ethyl adjacent to an activating group) is 1. The lowest BCUT2D eigenvalue weighted by atomic mass is 9.81. The minimum Gasteiger partial charge on any atom is -0.334 e. The van der Waals surface area contributed by atoms with E-state index >= 15 is 0 Å². The van der Waals surface area contributed by atoms with Gasteiger partial charge < -0.3 is 4.90 Å². The second-order valence-corrected chi connectivity index (χ2v) is 5.15. The van der Waals surface area contributed by atoms with Crippen molar-refractivity contribution in [3.05, 3.63) is 71.3 Å². The molecule has 0 saturated carbocycles. The molecule has 2 aromatic carbocycles. The van der Waals surface area contributed by atoms with E-state index in [0.717, 1.165) is 11.1 Å². The highest BCUT2D eigenvalue weighted by Crippen LogP contribution is 2.41. The van der Waals surface area contributed by atoms with Crippen molar-refractivity contribution < 1.29 is 4.79 Å². The molecular weight excluding hydrogens is 234 g/mol. The van der Waals surface area contributed by atoms with Crippen molar-refractivity contribution in [3.8, 4) is 0 Å². The van der Waals surface area contributed by atoms with Crippen LogP contribution in [0.15, 0.2) is 54.6 Å². The normalized spacial score (nSPS) is 22.2. The average Bonchev–Trinajstić information content (AvgIpc) is 2.46. The molecule has 0 unspecified atom stereocenters. The third-order valence-electron chi connectivity index (χ3n) is 4.03. The first kappa shape index (κ1) is 12.0. The highest BCUT2D eigenvalue weighted by atomic mass is 16.2. The van der Waals surface area contributed by atoms with E-state index in [9.17, 15) is 4.79 Å². The molecule has 3 rings (SSSR count). The second-order valence-electron chi connectivity index (χ2n) is 5.15. The zero-order chi connectivity index (χ0) is 13.4. The number of fused-ring (bicyclic) bond motifs is 1. The van der Waals surface area contributed by atoms with Crippen molar-refractivity contribution in [2.75, 3.05) is 7.05 Å². The van der Waals surface area contributed by atoms with Gasteiger partial charge in [0.2, 0.25) is 0 Å². The molecule has 0 spiro atoms. The summed E-state index contributed by atoms with van der Waals surface area (Å²) in [4.78, 5) is 14.3. The monoisotopic (exact) mass is 251 g/mol. The molecule has 96 valence electrons. The Bertz CT molecular complexity index is 606. The fourth-order valence-corrected chi connectivity index (χ4v) is 3.07. The lowest BCUT2D eigenvalue weighted by molar-refractivity contribution is 0.0678. The summed E-state index contributed by atoms with van der Waals surface area (Å²) in [5.41, 5.74) is 3.18. The van der Waals surface area contributed by atoms with Gasteiger partial charge in [-0.3, -0.25) is 4.79 Å². The Morgan fingerprint density at radius 1 is 0.947 bits per heavy atom. The summed E-state index contributed by atoms with van der Waals surface area (Å²) in [7, 11) is 1.90. The fraction of sp³-hybridized carbons (Fsp3) is 0.235. The van der Waals surface area contributed by atoms with E-state index in [1.165, 1.54) is 5.56 Å². The van der Waals surface area contributed by atoms with Gasteiger partial charge in [-0.05, 0) is 17.2 Å². The van der Waals surface area contributed by atoms with Crippen molar-refractivity contribution >= 4 is 5.91 Å². The Balaban J connectivity index is 2.12. The molecular formula is C17H17NO. The summed E-state index contributed by atoms with van der Waals surface area (Å²) in [6.07, 6.45) is 0. The van der Waals surface area contributed by atoms with Crippen LogP contribution < -0.4 is 0 Å². The van der Waals surface area contributed by atoms with Crippen LogP contribution in [0.25, 0.3) is 0 Å². The number of hydrogen-bond acceptors (Lipinski definition) is 1. The summed E-state index contributed by atoms with van der Waals surface area (Å²) in [5.74, 6) is 0.420. The van der Waals surface area contributed by atoms with Gasteiger partial charge in [0.15, 0.2) is 0 Å². The molecule has 0 fully saturated rings. The Morgan fingerprint density at radius 3 is 2.32 bits per heavy atom. The molecule has 1 aliphatic rings. The van der Waals surface area contributed by atoms with Crippen LogP contribution in [0.5, 0.6) is 0 Å². The van der Waals surface area contributed by atoms with Gasteiger partial charge in [-0.1, -0.05) is 55.5 Å². The summed E-state index contributed by atoms with van der Waals surface area (Å²) in [6.45, 7) is 2.19. The smallest absolute Gasteiger partial charge is 0.254 e. The van der Waals surface area contributed by atoms with Gasteiger partial charge in [0.25, 0.3) is 5.91 Å². The van der Waals surface area contributed by atoms with E-state index in [4.69, 9.17) is 0 Å². The first-order chi connectivity index (χ1) is 9.20. The van der Waals surface area contributed by atoms with Crippen molar-refractivity contribution in [2.45, 2.75) is 18.9 Å². The molecule has 1 amide bonds. The second kappa shape index (κ2) is 4.54. The third kappa shape index (κ3) is 1.84. The SMILES string of the molecule is C[C@H]1c2ccccc2C(=O)N(C)[C@@H]1c1ccccc1. The number of nitrogens with zero attached hydrogens (tertiary/aromatic N) is 1. The molecule has 0 saturated heterocycles. The zero-order valence-corrected chi connectivity index (χ0v) is 11.2. The largest absolute Gasteiger partial charge is 0.334 e. The standard InChI is InChI=1S/C17H17NO/c1-12-14-10-6-7-11-15(14)17(19)18(2)16(12)13-8-4-3-5-9-13/h3-12,16H,1-2H3/t12-,16-/m0/s1. The fourth-order valence-electron chi connectivity index (χ4n) is 3.07. The molecule has 2 aromatic rings. The molecule has 1 heterocycles. The van der Waals surface area contributed by atoms with Gasteiger partial charge >= 0.3 is 0 Å². The maximum absolute atomic E-state index is 12.5. The summed E-state index contributed by atoms with van der Waals surface area (Å²) in [6, 6.07) is 18.3. The molecule has 1 aliphatic heterocycles. The lowest BCUT2D eigenvalue weighted by Crippen LogP contribution is -2.39. The van der Waals surface area contributed by atoms with E-state index in [1.54, 1.807) is 0 Å². The molecule has 2 nitrogen and oxygen atoms in total.